The van der Waals surface area contributed by atoms with E-state index in [0.29, 0.717) is 13.2 Å². The lowest BCUT2D eigenvalue weighted by molar-refractivity contribution is -0.121. The Morgan fingerprint density at radius 3 is 2.86 bits per heavy atom. The first-order chi connectivity index (χ1) is 14.2. The Morgan fingerprint density at radius 2 is 2.03 bits per heavy atom. The second kappa shape index (κ2) is 9.20. The van der Waals surface area contributed by atoms with Gasteiger partial charge in [-0.3, -0.25) is 4.79 Å². The number of fused-ring (bicyclic) bond motifs is 1. The van der Waals surface area contributed by atoms with Crippen LogP contribution < -0.4 is 9.64 Å². The molecule has 29 heavy (non-hydrogen) atoms. The van der Waals surface area contributed by atoms with Gasteiger partial charge in [-0.2, -0.15) is 0 Å². The number of carbonyl (C=O) groups is 1. The number of benzene rings is 2. The van der Waals surface area contributed by atoms with Crippen molar-refractivity contribution in [2.24, 2.45) is 0 Å². The van der Waals surface area contributed by atoms with Gasteiger partial charge in [0.15, 0.2) is 6.61 Å². The molecule has 1 aromatic heterocycles. The number of aryl methyl sites for hydroxylation is 1. The number of carbonyl (C=O) groups excluding carboxylic acids is 1. The van der Waals surface area contributed by atoms with Crippen LogP contribution in [0.3, 0.4) is 0 Å². The Hall–Kier alpha value is -2.70. The molecule has 6 heteroatoms. The second-order valence-electron chi connectivity index (χ2n) is 6.97. The average molecular weight is 409 g/mol. The van der Waals surface area contributed by atoms with Gasteiger partial charge in [-0.1, -0.05) is 30.3 Å². The van der Waals surface area contributed by atoms with E-state index in [1.165, 1.54) is 5.56 Å². The molecular weight excluding hydrogens is 384 g/mol. The molecule has 3 aromatic rings. The topological polar surface area (TPSA) is 51.7 Å². The lowest BCUT2D eigenvalue weighted by atomic mass is 10.1. The van der Waals surface area contributed by atoms with E-state index in [9.17, 15) is 4.79 Å². The van der Waals surface area contributed by atoms with E-state index in [4.69, 9.17) is 14.5 Å². The molecule has 0 saturated carbocycles. The maximum Gasteiger partial charge on any atom is 0.265 e. The number of amides is 1. The number of nitrogens with zero attached hydrogens (tertiary/aromatic N) is 2. The van der Waals surface area contributed by atoms with E-state index in [2.05, 4.69) is 17.5 Å². The summed E-state index contributed by atoms with van der Waals surface area (Å²) >= 11 is 1.63. The van der Waals surface area contributed by atoms with Crippen molar-refractivity contribution in [3.05, 3.63) is 64.5 Å². The summed E-state index contributed by atoms with van der Waals surface area (Å²) in [5.74, 6) is 0.754. The SMILES string of the molecule is COCCc1nc(-c2ccc3c(c2)N(CCCc2ccccc2)C(=O)CO3)cs1. The van der Waals surface area contributed by atoms with Crippen LogP contribution in [0.1, 0.15) is 17.0 Å². The van der Waals surface area contributed by atoms with E-state index >= 15 is 0 Å². The van der Waals surface area contributed by atoms with Crippen LogP contribution >= 0.6 is 11.3 Å². The summed E-state index contributed by atoms with van der Waals surface area (Å²) < 4.78 is 10.8. The van der Waals surface area contributed by atoms with E-state index in [1.54, 1.807) is 18.4 Å². The van der Waals surface area contributed by atoms with Gasteiger partial charge in [0.1, 0.15) is 5.75 Å². The summed E-state index contributed by atoms with van der Waals surface area (Å²) in [4.78, 5) is 19.1. The maximum atomic E-state index is 12.5. The number of ether oxygens (including phenoxy) is 2. The molecule has 0 aliphatic carbocycles. The number of methoxy groups -OCH3 is 1. The lowest BCUT2D eigenvalue weighted by Gasteiger charge is -2.29. The summed E-state index contributed by atoms with van der Waals surface area (Å²) in [6.07, 6.45) is 2.64. The lowest BCUT2D eigenvalue weighted by Crippen LogP contribution is -2.39. The van der Waals surface area contributed by atoms with Crippen LogP contribution in [0.5, 0.6) is 5.75 Å². The summed E-state index contributed by atoms with van der Waals surface area (Å²) in [6, 6.07) is 16.3. The van der Waals surface area contributed by atoms with Gasteiger partial charge in [0, 0.05) is 31.0 Å². The minimum atomic E-state index is 0.00164. The fourth-order valence-electron chi connectivity index (χ4n) is 3.44. The monoisotopic (exact) mass is 408 g/mol. The molecule has 1 aliphatic heterocycles. The third-order valence-electron chi connectivity index (χ3n) is 4.96. The van der Waals surface area contributed by atoms with Crippen LogP contribution in [0.2, 0.25) is 0 Å². The van der Waals surface area contributed by atoms with Crippen molar-refractivity contribution >= 4 is 22.9 Å². The first kappa shape index (κ1) is 19.6. The van der Waals surface area contributed by atoms with Crippen molar-refractivity contribution in [3.63, 3.8) is 0 Å². The smallest absolute Gasteiger partial charge is 0.265 e. The van der Waals surface area contributed by atoms with Gasteiger partial charge >= 0.3 is 0 Å². The Balaban J connectivity index is 1.51. The molecule has 5 nitrogen and oxygen atoms in total. The zero-order valence-corrected chi connectivity index (χ0v) is 17.3. The summed E-state index contributed by atoms with van der Waals surface area (Å²) in [5.41, 5.74) is 4.03. The molecule has 0 fully saturated rings. The number of thiazole rings is 1. The highest BCUT2D eigenvalue weighted by molar-refractivity contribution is 7.09. The zero-order chi connectivity index (χ0) is 20.1. The van der Waals surface area contributed by atoms with Crippen molar-refractivity contribution < 1.29 is 14.3 Å². The Kier molecular flexibility index (Phi) is 6.22. The number of aromatic nitrogens is 1. The predicted octanol–water partition coefficient (Wildman–Crippen LogP) is 4.36. The van der Waals surface area contributed by atoms with Gasteiger partial charge in [0.05, 0.1) is 23.0 Å². The number of hydrogen-bond donors (Lipinski definition) is 0. The molecule has 0 saturated heterocycles. The van der Waals surface area contributed by atoms with Crippen molar-refractivity contribution in [1.82, 2.24) is 4.98 Å². The highest BCUT2D eigenvalue weighted by atomic mass is 32.1. The molecule has 0 bridgehead atoms. The molecule has 0 N–H and O–H groups in total. The molecule has 2 aromatic carbocycles. The Labute approximate surface area is 174 Å². The quantitative estimate of drug-likeness (QED) is 0.556. The largest absolute Gasteiger partial charge is 0.482 e. The standard InChI is InChI=1S/C23H24N2O3S/c1-27-13-11-22-24-19(16-29-22)18-9-10-21-20(14-18)25(23(26)15-28-21)12-5-8-17-6-3-2-4-7-17/h2-4,6-7,9-10,14,16H,5,8,11-13,15H2,1H3. The number of rotatable bonds is 8. The van der Waals surface area contributed by atoms with Gasteiger partial charge in [-0.15, -0.1) is 11.3 Å². The number of anilines is 1. The third-order valence-corrected chi connectivity index (χ3v) is 5.87. The van der Waals surface area contributed by atoms with Crippen molar-refractivity contribution in [2.45, 2.75) is 19.3 Å². The minimum absolute atomic E-state index is 0.00164. The molecule has 0 spiro atoms. The predicted molar refractivity (Wildman–Crippen MR) is 116 cm³/mol. The molecule has 0 atom stereocenters. The molecular formula is C23H24N2O3S. The second-order valence-corrected chi connectivity index (χ2v) is 7.92. The van der Waals surface area contributed by atoms with Gasteiger partial charge < -0.3 is 14.4 Å². The van der Waals surface area contributed by atoms with E-state index in [-0.39, 0.29) is 12.5 Å². The van der Waals surface area contributed by atoms with Gasteiger partial charge in [0.25, 0.3) is 5.91 Å². The summed E-state index contributed by atoms with van der Waals surface area (Å²) in [5, 5.41) is 3.10. The fraction of sp³-hybridized carbons (Fsp3) is 0.304. The van der Waals surface area contributed by atoms with E-state index in [0.717, 1.165) is 47.0 Å². The normalized spacial score (nSPS) is 13.3. The maximum absolute atomic E-state index is 12.5. The van der Waals surface area contributed by atoms with Crippen LogP contribution in [0.15, 0.2) is 53.9 Å². The van der Waals surface area contributed by atoms with E-state index < -0.39 is 0 Å². The third kappa shape index (κ3) is 4.66. The number of hydrogen-bond acceptors (Lipinski definition) is 5. The van der Waals surface area contributed by atoms with Gasteiger partial charge in [-0.05, 0) is 36.6 Å². The van der Waals surface area contributed by atoms with Crippen molar-refractivity contribution in [2.75, 3.05) is 31.8 Å². The van der Waals surface area contributed by atoms with Crippen LogP contribution in [-0.2, 0) is 22.4 Å². The molecule has 2 heterocycles. The van der Waals surface area contributed by atoms with Crippen molar-refractivity contribution in [3.8, 4) is 17.0 Å². The van der Waals surface area contributed by atoms with Crippen LogP contribution in [0.25, 0.3) is 11.3 Å². The molecule has 1 aliphatic rings. The Morgan fingerprint density at radius 1 is 1.17 bits per heavy atom. The highest BCUT2D eigenvalue weighted by Gasteiger charge is 2.25. The Bertz CT molecular complexity index is 971. The van der Waals surface area contributed by atoms with Crippen LogP contribution in [0.4, 0.5) is 5.69 Å². The van der Waals surface area contributed by atoms with E-state index in [1.807, 2.05) is 41.3 Å². The van der Waals surface area contributed by atoms with Gasteiger partial charge in [0.2, 0.25) is 0 Å². The highest BCUT2D eigenvalue weighted by Crippen LogP contribution is 2.36. The first-order valence-electron chi connectivity index (χ1n) is 9.79. The minimum Gasteiger partial charge on any atom is -0.482 e. The molecule has 4 rings (SSSR count). The fourth-order valence-corrected chi connectivity index (χ4v) is 4.23. The first-order valence-corrected chi connectivity index (χ1v) is 10.7. The van der Waals surface area contributed by atoms with Crippen molar-refractivity contribution in [1.29, 1.82) is 0 Å². The molecule has 1 amide bonds. The van der Waals surface area contributed by atoms with Crippen LogP contribution in [0, 0.1) is 0 Å². The zero-order valence-electron chi connectivity index (χ0n) is 16.5. The molecule has 150 valence electrons. The average Bonchev–Trinajstić information content (AvgIpc) is 3.23. The van der Waals surface area contributed by atoms with Gasteiger partial charge in [-0.25, -0.2) is 4.98 Å². The molecule has 0 radical (unpaired) electrons. The van der Waals surface area contributed by atoms with Crippen LogP contribution in [-0.4, -0.2) is 37.8 Å². The molecule has 0 unspecified atom stereocenters. The summed E-state index contributed by atoms with van der Waals surface area (Å²) in [6.45, 7) is 1.42. The summed E-state index contributed by atoms with van der Waals surface area (Å²) in [7, 11) is 1.70.